The molecule has 0 fully saturated rings. The molecule has 27 heavy (non-hydrogen) atoms. The van der Waals surface area contributed by atoms with Gasteiger partial charge in [-0.15, -0.1) is 0 Å². The van der Waals surface area contributed by atoms with E-state index in [1.54, 1.807) is 0 Å². The van der Waals surface area contributed by atoms with Crippen LogP contribution in [0.5, 0.6) is 11.5 Å². The Balaban J connectivity index is 1.60. The van der Waals surface area contributed by atoms with E-state index in [1.807, 2.05) is 24.3 Å². The van der Waals surface area contributed by atoms with Crippen molar-refractivity contribution in [2.24, 2.45) is 0 Å². The van der Waals surface area contributed by atoms with E-state index < -0.39 is 12.6 Å². The Kier molecular flexibility index (Phi) is 5.44. The minimum Gasteiger partial charge on any atom is -0.460 e. The number of halogens is 2. The van der Waals surface area contributed by atoms with Gasteiger partial charge in [0.2, 0.25) is 12.6 Å². The second-order valence-electron chi connectivity index (χ2n) is 6.55. The lowest BCUT2D eigenvalue weighted by Crippen LogP contribution is -2.35. The number of hydrogen-bond acceptors (Lipinski definition) is 3. The average molecular weight is 492 g/mol. The third-order valence-electron chi connectivity index (χ3n) is 4.76. The van der Waals surface area contributed by atoms with E-state index >= 15 is 0 Å². The maximum atomic E-state index is 6.31. The molecule has 4 rings (SSSR count). The van der Waals surface area contributed by atoms with Crippen molar-refractivity contribution in [3.63, 3.8) is 0 Å². The quantitative estimate of drug-likeness (QED) is 0.463. The molecule has 0 N–H and O–H groups in total. The minimum absolute atomic E-state index is 0.458. The summed E-state index contributed by atoms with van der Waals surface area (Å²) in [5.41, 5.74) is 4.32. The Morgan fingerprint density at radius 1 is 0.778 bits per heavy atom. The lowest BCUT2D eigenvalue weighted by atomic mass is 10.0. The third kappa shape index (κ3) is 3.86. The molecule has 2 aliphatic heterocycles. The highest BCUT2D eigenvalue weighted by Gasteiger charge is 2.30. The smallest absolute Gasteiger partial charge is 0.226 e. The second kappa shape index (κ2) is 7.82. The van der Waals surface area contributed by atoms with E-state index in [-0.39, 0.29) is 0 Å². The van der Waals surface area contributed by atoms with Gasteiger partial charge in [0.25, 0.3) is 0 Å². The molecule has 0 saturated heterocycles. The first-order valence-corrected chi connectivity index (χ1v) is 10.6. The molecule has 0 radical (unpaired) electrons. The van der Waals surface area contributed by atoms with E-state index in [0.29, 0.717) is 0 Å². The van der Waals surface area contributed by atoms with Crippen LogP contribution in [0.1, 0.15) is 37.8 Å². The molecule has 0 saturated carbocycles. The van der Waals surface area contributed by atoms with Gasteiger partial charge in [-0.3, -0.25) is 4.74 Å². The highest BCUT2D eigenvalue weighted by Crippen LogP contribution is 2.37. The zero-order chi connectivity index (χ0) is 19.0. The molecule has 2 aromatic carbocycles. The molecule has 0 aromatic heterocycles. The molecule has 0 aliphatic carbocycles. The van der Waals surface area contributed by atoms with Crippen molar-refractivity contribution in [1.82, 2.24) is 0 Å². The molecule has 0 spiro atoms. The van der Waals surface area contributed by atoms with E-state index in [0.717, 1.165) is 55.6 Å². The molecule has 2 atom stereocenters. The Labute approximate surface area is 176 Å². The van der Waals surface area contributed by atoms with Gasteiger partial charge in [0.1, 0.15) is 11.5 Å². The van der Waals surface area contributed by atoms with Crippen LogP contribution >= 0.6 is 31.9 Å². The van der Waals surface area contributed by atoms with Crippen LogP contribution in [0.2, 0.25) is 0 Å². The third-order valence-corrected chi connectivity index (χ3v) is 5.75. The monoisotopic (exact) mass is 490 g/mol. The first kappa shape index (κ1) is 18.8. The van der Waals surface area contributed by atoms with Crippen LogP contribution in [0.15, 0.2) is 56.5 Å². The average Bonchev–Trinajstić information content (AvgIpc) is 2.67. The summed E-state index contributed by atoms with van der Waals surface area (Å²) < 4.78 is 20.7. The van der Waals surface area contributed by atoms with Crippen molar-refractivity contribution >= 4 is 44.0 Å². The molecular formula is C22H20Br2O3. The minimum atomic E-state index is -0.458. The fraction of sp³-hybridized carbons (Fsp3) is 0.273. The maximum absolute atomic E-state index is 6.31. The summed E-state index contributed by atoms with van der Waals surface area (Å²) in [6.45, 7) is 4.22. The van der Waals surface area contributed by atoms with Crippen LogP contribution in [0.4, 0.5) is 0 Å². The summed E-state index contributed by atoms with van der Waals surface area (Å²) in [4.78, 5) is 0. The molecule has 2 aromatic rings. The van der Waals surface area contributed by atoms with Crippen LogP contribution < -0.4 is 9.47 Å². The number of hydrogen-bond donors (Lipinski definition) is 0. The Bertz CT molecular complexity index is 858. The Morgan fingerprint density at radius 2 is 1.22 bits per heavy atom. The van der Waals surface area contributed by atoms with Gasteiger partial charge in [-0.2, -0.15) is 0 Å². The van der Waals surface area contributed by atoms with Crippen molar-refractivity contribution in [1.29, 1.82) is 0 Å². The molecule has 5 heteroatoms. The van der Waals surface area contributed by atoms with Gasteiger partial charge in [-0.25, -0.2) is 0 Å². The molecule has 0 bridgehead atoms. The fourth-order valence-corrected chi connectivity index (χ4v) is 4.03. The van der Waals surface area contributed by atoms with Crippen LogP contribution in [0, 0.1) is 0 Å². The summed E-state index contributed by atoms with van der Waals surface area (Å²) in [5, 5.41) is 0. The van der Waals surface area contributed by atoms with Crippen LogP contribution in [-0.2, 0) is 4.74 Å². The largest absolute Gasteiger partial charge is 0.460 e. The predicted molar refractivity (Wildman–Crippen MR) is 115 cm³/mol. The standard InChI is InChI=1S/C22H20Br2O3/c1-3-13-9-15-11-17(23)5-7-19(15)25-21(13)27-22-14(4-2)10-16-12-18(24)6-8-20(16)26-22/h5-12,21-22H,3-4H2,1-2H3. The Morgan fingerprint density at radius 3 is 1.63 bits per heavy atom. The summed E-state index contributed by atoms with van der Waals surface area (Å²) in [5.74, 6) is 1.64. The van der Waals surface area contributed by atoms with Crippen molar-refractivity contribution in [3.05, 3.63) is 67.6 Å². The number of rotatable bonds is 4. The van der Waals surface area contributed by atoms with Gasteiger partial charge in [0, 0.05) is 20.1 Å². The van der Waals surface area contributed by atoms with Gasteiger partial charge in [0.05, 0.1) is 0 Å². The number of fused-ring (bicyclic) bond motifs is 2. The maximum Gasteiger partial charge on any atom is 0.226 e. The molecular weight excluding hydrogens is 472 g/mol. The lowest BCUT2D eigenvalue weighted by Gasteiger charge is -2.33. The van der Waals surface area contributed by atoms with Gasteiger partial charge < -0.3 is 9.47 Å². The number of ether oxygens (including phenoxy) is 3. The summed E-state index contributed by atoms with van der Waals surface area (Å²) in [6.07, 6.45) is 5.08. The SMILES string of the molecule is CCC1=Cc2cc(Br)ccc2OC1OC1Oc2ccc(Br)cc2C=C1CC. The fourth-order valence-electron chi connectivity index (χ4n) is 3.28. The molecule has 2 heterocycles. The van der Waals surface area contributed by atoms with Gasteiger partial charge in [-0.05, 0) is 72.5 Å². The van der Waals surface area contributed by atoms with E-state index in [2.05, 4.69) is 70.0 Å². The highest BCUT2D eigenvalue weighted by atomic mass is 79.9. The predicted octanol–water partition coefficient (Wildman–Crippen LogP) is 6.95. The van der Waals surface area contributed by atoms with Crippen LogP contribution in [-0.4, -0.2) is 12.6 Å². The van der Waals surface area contributed by atoms with E-state index in [9.17, 15) is 0 Å². The first-order chi connectivity index (χ1) is 13.1. The van der Waals surface area contributed by atoms with E-state index in [4.69, 9.17) is 14.2 Å². The molecule has 2 aliphatic rings. The molecule has 2 unspecified atom stereocenters. The second-order valence-corrected chi connectivity index (χ2v) is 8.38. The first-order valence-electron chi connectivity index (χ1n) is 9.06. The molecule has 0 amide bonds. The summed E-state index contributed by atoms with van der Waals surface area (Å²) >= 11 is 7.04. The van der Waals surface area contributed by atoms with Crippen molar-refractivity contribution in [2.45, 2.75) is 39.3 Å². The molecule has 3 nitrogen and oxygen atoms in total. The summed E-state index contributed by atoms with van der Waals surface area (Å²) in [7, 11) is 0. The van der Waals surface area contributed by atoms with Crippen molar-refractivity contribution in [3.8, 4) is 11.5 Å². The van der Waals surface area contributed by atoms with Crippen LogP contribution in [0.25, 0.3) is 12.2 Å². The van der Waals surface area contributed by atoms with Gasteiger partial charge >= 0.3 is 0 Å². The molecule has 140 valence electrons. The van der Waals surface area contributed by atoms with Gasteiger partial charge in [0.15, 0.2) is 0 Å². The topological polar surface area (TPSA) is 27.7 Å². The lowest BCUT2D eigenvalue weighted by molar-refractivity contribution is -0.154. The highest BCUT2D eigenvalue weighted by molar-refractivity contribution is 9.10. The number of benzene rings is 2. The van der Waals surface area contributed by atoms with Crippen LogP contribution in [0.3, 0.4) is 0 Å². The zero-order valence-electron chi connectivity index (χ0n) is 15.2. The van der Waals surface area contributed by atoms with Crippen molar-refractivity contribution < 1.29 is 14.2 Å². The van der Waals surface area contributed by atoms with Gasteiger partial charge in [-0.1, -0.05) is 45.7 Å². The summed E-state index contributed by atoms with van der Waals surface area (Å²) in [6, 6.07) is 12.0. The van der Waals surface area contributed by atoms with E-state index in [1.165, 1.54) is 0 Å². The zero-order valence-corrected chi connectivity index (χ0v) is 18.3. The normalized spacial score (nSPS) is 20.6. The van der Waals surface area contributed by atoms with Crippen molar-refractivity contribution in [2.75, 3.05) is 0 Å². The Hall–Kier alpha value is -1.56.